The second-order valence-electron chi connectivity index (χ2n) is 7.16. The van der Waals surface area contributed by atoms with Crippen molar-refractivity contribution in [1.82, 2.24) is 14.8 Å². The smallest absolute Gasteiger partial charge is 0.475 e. The summed E-state index contributed by atoms with van der Waals surface area (Å²) in [4.78, 5) is 30.3. The lowest BCUT2D eigenvalue weighted by molar-refractivity contribution is -0.192. The number of aromatic nitrogens is 1. The molecule has 2 aliphatic heterocycles. The highest BCUT2D eigenvalue weighted by atomic mass is 32.1. The molecule has 1 unspecified atom stereocenters. The van der Waals surface area contributed by atoms with Crippen LogP contribution < -0.4 is 0 Å². The maximum absolute atomic E-state index is 12.4. The van der Waals surface area contributed by atoms with Gasteiger partial charge in [0.15, 0.2) is 0 Å². The summed E-state index contributed by atoms with van der Waals surface area (Å²) in [6.07, 6.45) is 0.232. The Morgan fingerprint density at radius 2 is 2.00 bits per heavy atom. The molecule has 152 valence electrons. The molecule has 3 heterocycles. The van der Waals surface area contributed by atoms with Crippen LogP contribution in [0.4, 0.5) is 13.2 Å². The Morgan fingerprint density at radius 1 is 1.33 bits per heavy atom. The summed E-state index contributed by atoms with van der Waals surface area (Å²) >= 11 is 1.72. The van der Waals surface area contributed by atoms with E-state index in [-0.39, 0.29) is 11.5 Å². The Kier molecular flexibility index (Phi) is 6.85. The van der Waals surface area contributed by atoms with Crippen LogP contribution in [0, 0.1) is 5.92 Å². The van der Waals surface area contributed by atoms with Gasteiger partial charge in [-0.05, 0) is 19.3 Å². The molecule has 3 rings (SSSR count). The maximum Gasteiger partial charge on any atom is 0.490 e. The summed E-state index contributed by atoms with van der Waals surface area (Å²) in [5, 5.41) is 10.3. The van der Waals surface area contributed by atoms with E-state index in [4.69, 9.17) is 9.90 Å². The molecule has 2 saturated heterocycles. The van der Waals surface area contributed by atoms with Gasteiger partial charge in [-0.15, -0.1) is 11.3 Å². The average Bonchev–Trinajstić information content (AvgIpc) is 3.30. The van der Waals surface area contributed by atoms with Crippen molar-refractivity contribution in [2.75, 3.05) is 19.6 Å². The number of carbonyl (C=O) groups is 2. The molecule has 1 amide bonds. The van der Waals surface area contributed by atoms with Gasteiger partial charge in [-0.25, -0.2) is 9.78 Å². The molecule has 10 heteroatoms. The summed E-state index contributed by atoms with van der Waals surface area (Å²) in [6.45, 7) is 8.00. The first-order chi connectivity index (χ1) is 12.5. The zero-order valence-corrected chi connectivity index (χ0v) is 16.1. The fourth-order valence-corrected chi connectivity index (χ4v) is 4.27. The summed E-state index contributed by atoms with van der Waals surface area (Å²) in [5.74, 6) is -2.32. The van der Waals surface area contributed by atoms with Gasteiger partial charge in [0.1, 0.15) is 5.01 Å². The Balaban J connectivity index is 0.000000321. The predicted octanol–water partition coefficient (Wildman–Crippen LogP) is 3.00. The van der Waals surface area contributed by atoms with Crippen molar-refractivity contribution < 1.29 is 27.9 Å². The number of carbonyl (C=O) groups excluding carboxylic acids is 1. The fourth-order valence-electron chi connectivity index (χ4n) is 3.62. The minimum Gasteiger partial charge on any atom is -0.475 e. The summed E-state index contributed by atoms with van der Waals surface area (Å²) in [7, 11) is 0. The monoisotopic (exact) mass is 407 g/mol. The predicted molar refractivity (Wildman–Crippen MR) is 94.2 cm³/mol. The lowest BCUT2D eigenvalue weighted by atomic mass is 9.94. The van der Waals surface area contributed by atoms with Crippen molar-refractivity contribution in [1.29, 1.82) is 0 Å². The molecule has 1 aromatic heterocycles. The van der Waals surface area contributed by atoms with Crippen molar-refractivity contribution in [2.24, 2.45) is 5.92 Å². The highest BCUT2D eigenvalue weighted by molar-refractivity contribution is 7.09. The molecule has 0 bridgehead atoms. The fraction of sp³-hybridized carbons (Fsp3) is 0.706. The maximum atomic E-state index is 12.4. The number of aliphatic carboxylic acids is 1. The molecule has 0 aromatic carbocycles. The first-order valence-electron chi connectivity index (χ1n) is 8.77. The summed E-state index contributed by atoms with van der Waals surface area (Å²) in [5.41, 5.74) is 0.110. The average molecular weight is 407 g/mol. The molecule has 2 aliphatic rings. The summed E-state index contributed by atoms with van der Waals surface area (Å²) in [6, 6.07) is 0. The highest BCUT2D eigenvalue weighted by Gasteiger charge is 2.48. The van der Waals surface area contributed by atoms with Crippen molar-refractivity contribution >= 4 is 23.2 Å². The van der Waals surface area contributed by atoms with Gasteiger partial charge in [-0.1, -0.05) is 13.8 Å². The zero-order chi connectivity index (χ0) is 20.2. The van der Waals surface area contributed by atoms with Crippen molar-refractivity contribution in [3.8, 4) is 0 Å². The van der Waals surface area contributed by atoms with E-state index in [0.29, 0.717) is 5.91 Å². The summed E-state index contributed by atoms with van der Waals surface area (Å²) < 4.78 is 31.7. The quantitative estimate of drug-likeness (QED) is 0.834. The van der Waals surface area contributed by atoms with Crippen molar-refractivity contribution in [2.45, 2.75) is 51.4 Å². The molecule has 27 heavy (non-hydrogen) atoms. The van der Waals surface area contributed by atoms with E-state index in [1.54, 1.807) is 11.3 Å². The third kappa shape index (κ3) is 5.41. The standard InChI is InChI=1S/C15H23N3OS.C2HF3O2/c1-12(2)14(19)18-7-3-4-15(18)5-8-17(11-15)10-13-16-6-9-20-13;3-2(4,5)1(6)7/h6,9,12H,3-5,7-8,10-11H2,1-2H3;(H,6,7). The lowest BCUT2D eigenvalue weighted by Crippen LogP contribution is -2.50. The number of rotatable bonds is 3. The van der Waals surface area contributed by atoms with Crippen molar-refractivity contribution in [3.63, 3.8) is 0 Å². The largest absolute Gasteiger partial charge is 0.490 e. The number of carboxylic acids is 1. The molecule has 0 aliphatic carbocycles. The second-order valence-corrected chi connectivity index (χ2v) is 8.14. The molecule has 6 nitrogen and oxygen atoms in total. The zero-order valence-electron chi connectivity index (χ0n) is 15.3. The van der Waals surface area contributed by atoms with Gasteiger partial charge in [0, 0.05) is 37.1 Å². The minimum atomic E-state index is -5.08. The van der Waals surface area contributed by atoms with Gasteiger partial charge >= 0.3 is 12.1 Å². The van der Waals surface area contributed by atoms with Crippen LogP contribution in [0.5, 0.6) is 0 Å². The van der Waals surface area contributed by atoms with Crippen LogP contribution in [0.1, 0.15) is 38.1 Å². The third-order valence-corrected chi connectivity index (χ3v) is 5.62. The third-order valence-electron chi connectivity index (χ3n) is 4.85. The van der Waals surface area contributed by atoms with Gasteiger partial charge < -0.3 is 10.0 Å². The molecule has 1 spiro atoms. The number of hydrogen-bond donors (Lipinski definition) is 1. The molecule has 1 aromatic rings. The molecule has 1 atom stereocenters. The molecule has 1 N–H and O–H groups in total. The molecular weight excluding hydrogens is 383 g/mol. The van der Waals surface area contributed by atoms with Crippen LogP contribution in [0.3, 0.4) is 0 Å². The van der Waals surface area contributed by atoms with Gasteiger partial charge in [0.25, 0.3) is 0 Å². The van der Waals surface area contributed by atoms with Crippen molar-refractivity contribution in [3.05, 3.63) is 16.6 Å². The first-order valence-corrected chi connectivity index (χ1v) is 9.65. The molecule has 0 radical (unpaired) electrons. The topological polar surface area (TPSA) is 73.7 Å². The van der Waals surface area contributed by atoms with E-state index < -0.39 is 12.1 Å². The number of hydrogen-bond acceptors (Lipinski definition) is 5. The second kappa shape index (κ2) is 8.55. The van der Waals surface area contributed by atoms with E-state index >= 15 is 0 Å². The highest BCUT2D eigenvalue weighted by Crippen LogP contribution is 2.39. The molecule has 0 saturated carbocycles. The van der Waals surface area contributed by atoms with Crippen LogP contribution in [-0.2, 0) is 16.1 Å². The van der Waals surface area contributed by atoms with Crippen LogP contribution >= 0.6 is 11.3 Å². The van der Waals surface area contributed by atoms with E-state index in [9.17, 15) is 18.0 Å². The number of likely N-dealkylation sites (tertiary alicyclic amines) is 2. The Hall–Kier alpha value is -1.68. The van der Waals surface area contributed by atoms with Crippen LogP contribution in [-0.4, -0.2) is 63.1 Å². The first kappa shape index (κ1) is 21.6. The number of halogens is 3. The number of amides is 1. The number of thiazole rings is 1. The minimum absolute atomic E-state index is 0.109. The Labute approximate surface area is 160 Å². The lowest BCUT2D eigenvalue weighted by Gasteiger charge is -2.36. The van der Waals surface area contributed by atoms with Gasteiger partial charge in [-0.2, -0.15) is 13.2 Å². The van der Waals surface area contributed by atoms with Crippen LogP contribution in [0.25, 0.3) is 0 Å². The molecular formula is C17H24F3N3O3S. The normalized spacial score (nSPS) is 23.0. The van der Waals surface area contributed by atoms with E-state index in [0.717, 1.165) is 39.0 Å². The van der Waals surface area contributed by atoms with Gasteiger partial charge in [-0.3, -0.25) is 9.69 Å². The molecule has 2 fully saturated rings. The Morgan fingerprint density at radius 3 is 2.52 bits per heavy atom. The van der Waals surface area contributed by atoms with E-state index in [1.165, 1.54) is 11.4 Å². The number of carboxylic acid groups (broad SMARTS) is 1. The van der Waals surface area contributed by atoms with E-state index in [2.05, 4.69) is 14.8 Å². The number of alkyl halides is 3. The van der Waals surface area contributed by atoms with Gasteiger partial charge in [0.05, 0.1) is 12.1 Å². The number of nitrogens with zero attached hydrogens (tertiary/aromatic N) is 3. The van der Waals surface area contributed by atoms with Crippen LogP contribution in [0.2, 0.25) is 0 Å². The van der Waals surface area contributed by atoms with Crippen LogP contribution in [0.15, 0.2) is 11.6 Å². The van der Waals surface area contributed by atoms with Gasteiger partial charge in [0.2, 0.25) is 5.91 Å². The van der Waals surface area contributed by atoms with E-state index in [1.807, 2.05) is 25.4 Å². The SMILES string of the molecule is CC(C)C(=O)N1CCCC12CCN(Cc1nccs1)C2.O=C(O)C(F)(F)F. The Bertz CT molecular complexity index is 652.